The van der Waals surface area contributed by atoms with Crippen LogP contribution in [0.5, 0.6) is 0 Å². The van der Waals surface area contributed by atoms with Gasteiger partial charge in [0.25, 0.3) is 5.91 Å². The molecule has 0 aromatic heterocycles. The summed E-state index contributed by atoms with van der Waals surface area (Å²) in [6.07, 6.45) is -1.36. The molecule has 0 bridgehead atoms. The number of ether oxygens (including phenoxy) is 1. The van der Waals surface area contributed by atoms with Crippen LogP contribution in [0.15, 0.2) is 0 Å². The highest BCUT2D eigenvalue weighted by Gasteiger charge is 2.56. The molecule has 0 radical (unpaired) electrons. The Hall–Kier alpha value is -0.610. The van der Waals surface area contributed by atoms with Crippen LogP contribution in [-0.2, 0) is 9.53 Å². The number of carbonyl (C=O) groups excluding carboxylic acids is 1. The summed E-state index contributed by atoms with van der Waals surface area (Å²) >= 11 is 0. The molecule has 1 saturated heterocycles. The van der Waals surface area contributed by atoms with Gasteiger partial charge < -0.3 is 14.7 Å². The highest BCUT2D eigenvalue weighted by molar-refractivity contribution is 5.85. The minimum atomic E-state index is -0.796. The zero-order chi connectivity index (χ0) is 12.0. The lowest BCUT2D eigenvalue weighted by Gasteiger charge is -2.37. The summed E-state index contributed by atoms with van der Waals surface area (Å²) in [5.74, 6) is -0.137. The fourth-order valence-corrected chi connectivity index (χ4v) is 2.14. The van der Waals surface area contributed by atoms with E-state index in [0.29, 0.717) is 0 Å². The predicted molar refractivity (Wildman–Crippen MR) is 57.2 cm³/mol. The molecule has 1 rings (SSSR count). The Kier molecular flexibility index (Phi) is 2.87. The van der Waals surface area contributed by atoms with Crippen molar-refractivity contribution >= 4 is 5.91 Å². The molecule has 1 fully saturated rings. The minimum absolute atomic E-state index is 0.137. The van der Waals surface area contributed by atoms with Gasteiger partial charge in [0, 0.05) is 18.1 Å². The van der Waals surface area contributed by atoms with Gasteiger partial charge in [-0.2, -0.15) is 0 Å². The van der Waals surface area contributed by atoms with Crippen molar-refractivity contribution in [3.05, 3.63) is 0 Å². The first-order chi connectivity index (χ1) is 6.64. The van der Waals surface area contributed by atoms with Crippen molar-refractivity contribution in [1.29, 1.82) is 0 Å². The lowest BCUT2D eigenvalue weighted by Crippen LogP contribution is -2.49. The Bertz CT molecular complexity index is 267. The maximum atomic E-state index is 12.1. The van der Waals surface area contributed by atoms with E-state index >= 15 is 0 Å². The molecular weight excluding hydrogens is 194 g/mol. The summed E-state index contributed by atoms with van der Waals surface area (Å²) in [5.41, 5.74) is -0.958. The van der Waals surface area contributed by atoms with E-state index in [9.17, 15) is 9.90 Å². The van der Waals surface area contributed by atoms with E-state index in [-0.39, 0.29) is 11.4 Å². The van der Waals surface area contributed by atoms with E-state index < -0.39 is 17.7 Å². The van der Waals surface area contributed by atoms with Crippen LogP contribution in [0.25, 0.3) is 0 Å². The summed E-state index contributed by atoms with van der Waals surface area (Å²) in [6, 6.07) is 0. The van der Waals surface area contributed by atoms with Gasteiger partial charge in [0.05, 0.1) is 0 Å². The van der Waals surface area contributed by atoms with Crippen molar-refractivity contribution < 1.29 is 14.6 Å². The molecule has 1 heterocycles. The number of nitrogens with zero attached hydrogens (tertiary/aromatic N) is 1. The summed E-state index contributed by atoms with van der Waals surface area (Å²) in [4.78, 5) is 13.6. The van der Waals surface area contributed by atoms with Crippen LogP contribution in [0.2, 0.25) is 0 Å². The molecule has 88 valence electrons. The fraction of sp³-hybridized carbons (Fsp3) is 0.909. The van der Waals surface area contributed by atoms with E-state index in [1.54, 1.807) is 0 Å². The van der Waals surface area contributed by atoms with Crippen LogP contribution in [0, 0.1) is 5.41 Å². The van der Waals surface area contributed by atoms with E-state index in [4.69, 9.17) is 4.74 Å². The number of carbonyl (C=O) groups is 1. The standard InChI is InChI=1S/C11H21NO3/c1-10(2,3)12-8(13)7(15-6)11(4,5)9(12)14/h7,9,14H,1-6H3/t7-,9-/m1/s1. The summed E-state index contributed by atoms with van der Waals surface area (Å²) < 4.78 is 5.18. The van der Waals surface area contributed by atoms with Gasteiger partial charge in [0.2, 0.25) is 0 Å². The van der Waals surface area contributed by atoms with Crippen LogP contribution < -0.4 is 0 Å². The maximum absolute atomic E-state index is 12.1. The van der Waals surface area contributed by atoms with Crippen molar-refractivity contribution in [2.45, 2.75) is 52.5 Å². The van der Waals surface area contributed by atoms with Crippen LogP contribution in [-0.4, -0.2) is 40.9 Å². The second-order valence-electron chi connectivity index (χ2n) is 5.69. The van der Waals surface area contributed by atoms with Crippen LogP contribution in [0.4, 0.5) is 0 Å². The van der Waals surface area contributed by atoms with Crippen molar-refractivity contribution in [2.24, 2.45) is 5.41 Å². The molecule has 1 amide bonds. The number of methoxy groups -OCH3 is 1. The molecule has 1 aliphatic heterocycles. The smallest absolute Gasteiger partial charge is 0.254 e. The highest BCUT2D eigenvalue weighted by Crippen LogP contribution is 2.40. The van der Waals surface area contributed by atoms with Gasteiger partial charge in [0.1, 0.15) is 12.3 Å². The van der Waals surface area contributed by atoms with E-state index in [1.807, 2.05) is 34.6 Å². The molecule has 1 N–H and O–H groups in total. The maximum Gasteiger partial charge on any atom is 0.254 e. The number of rotatable bonds is 1. The Morgan fingerprint density at radius 3 is 2.07 bits per heavy atom. The van der Waals surface area contributed by atoms with Gasteiger partial charge >= 0.3 is 0 Å². The molecule has 15 heavy (non-hydrogen) atoms. The number of aliphatic hydroxyl groups is 1. The lowest BCUT2D eigenvalue weighted by atomic mass is 9.87. The van der Waals surface area contributed by atoms with Gasteiger partial charge in [-0.25, -0.2) is 0 Å². The number of hydrogen-bond donors (Lipinski definition) is 1. The summed E-state index contributed by atoms with van der Waals surface area (Å²) in [5, 5.41) is 10.1. The third-order valence-electron chi connectivity index (χ3n) is 3.01. The largest absolute Gasteiger partial charge is 0.373 e. The second-order valence-corrected chi connectivity index (χ2v) is 5.69. The third-order valence-corrected chi connectivity index (χ3v) is 3.01. The third kappa shape index (κ3) is 1.76. The molecule has 0 unspecified atom stereocenters. The van der Waals surface area contributed by atoms with Crippen LogP contribution in [0.3, 0.4) is 0 Å². The van der Waals surface area contributed by atoms with Crippen molar-refractivity contribution in [2.75, 3.05) is 7.11 Å². The van der Waals surface area contributed by atoms with Gasteiger partial charge in [-0.3, -0.25) is 4.79 Å². The molecule has 4 heteroatoms. The topological polar surface area (TPSA) is 49.8 Å². The van der Waals surface area contributed by atoms with Crippen LogP contribution in [0.1, 0.15) is 34.6 Å². The summed E-state index contributed by atoms with van der Waals surface area (Å²) in [7, 11) is 1.50. The first kappa shape index (κ1) is 12.5. The molecule has 1 aliphatic rings. The minimum Gasteiger partial charge on any atom is -0.373 e. The number of aliphatic hydroxyl groups excluding tert-OH is 1. The number of amides is 1. The first-order valence-electron chi connectivity index (χ1n) is 5.18. The van der Waals surface area contributed by atoms with Crippen molar-refractivity contribution in [3.8, 4) is 0 Å². The number of likely N-dealkylation sites (tertiary alicyclic amines) is 1. The molecule has 4 nitrogen and oxygen atoms in total. The second kappa shape index (κ2) is 3.46. The number of hydrogen-bond acceptors (Lipinski definition) is 3. The van der Waals surface area contributed by atoms with Crippen molar-refractivity contribution in [3.63, 3.8) is 0 Å². The zero-order valence-corrected chi connectivity index (χ0v) is 10.4. The first-order valence-corrected chi connectivity index (χ1v) is 5.18. The molecule has 0 aromatic rings. The molecule has 2 atom stereocenters. The Balaban J connectivity index is 3.11. The molecule has 0 aromatic carbocycles. The molecule has 0 saturated carbocycles. The van der Waals surface area contributed by atoms with Gasteiger partial charge in [-0.15, -0.1) is 0 Å². The average molecular weight is 215 g/mol. The molecule has 0 spiro atoms. The van der Waals surface area contributed by atoms with E-state index in [2.05, 4.69) is 0 Å². The normalized spacial score (nSPS) is 31.1. The van der Waals surface area contributed by atoms with Crippen molar-refractivity contribution in [1.82, 2.24) is 4.90 Å². The van der Waals surface area contributed by atoms with Gasteiger partial charge in [0.15, 0.2) is 0 Å². The van der Waals surface area contributed by atoms with Gasteiger partial charge in [-0.05, 0) is 20.8 Å². The average Bonchev–Trinajstić information content (AvgIpc) is 2.17. The predicted octanol–water partition coefficient (Wildman–Crippen LogP) is 0.987. The Morgan fingerprint density at radius 2 is 1.87 bits per heavy atom. The summed E-state index contributed by atoms with van der Waals surface area (Å²) in [6.45, 7) is 9.40. The highest BCUT2D eigenvalue weighted by atomic mass is 16.5. The molecular formula is C11H21NO3. The SMILES string of the molecule is CO[C@@H]1C(=O)N(C(C)(C)C)[C@H](O)C1(C)C. The fourth-order valence-electron chi connectivity index (χ4n) is 2.14. The zero-order valence-electron chi connectivity index (χ0n) is 10.4. The molecule has 0 aliphatic carbocycles. The lowest BCUT2D eigenvalue weighted by molar-refractivity contribution is -0.145. The van der Waals surface area contributed by atoms with E-state index in [0.717, 1.165) is 0 Å². The monoisotopic (exact) mass is 215 g/mol. The van der Waals surface area contributed by atoms with Gasteiger partial charge in [-0.1, -0.05) is 13.8 Å². The van der Waals surface area contributed by atoms with E-state index in [1.165, 1.54) is 12.0 Å². The van der Waals surface area contributed by atoms with Crippen LogP contribution >= 0.6 is 0 Å². The Morgan fingerprint density at radius 1 is 1.40 bits per heavy atom. The Labute approximate surface area is 91.2 Å². The quantitative estimate of drug-likeness (QED) is 0.709.